The predicted molar refractivity (Wildman–Crippen MR) is 114 cm³/mol. The van der Waals surface area contributed by atoms with Crippen molar-refractivity contribution in [3.63, 3.8) is 0 Å². The molecule has 0 saturated carbocycles. The first-order valence-corrected chi connectivity index (χ1v) is 11.2. The first-order chi connectivity index (χ1) is 13.0. The molecule has 2 aromatic heterocycles. The van der Waals surface area contributed by atoms with Crippen LogP contribution >= 0.6 is 23.1 Å². The van der Waals surface area contributed by atoms with Gasteiger partial charge in [0, 0.05) is 11.3 Å². The predicted octanol–water partition coefficient (Wildman–Crippen LogP) is 5.11. The van der Waals surface area contributed by atoms with Crippen molar-refractivity contribution in [3.8, 4) is 5.69 Å². The van der Waals surface area contributed by atoms with Crippen LogP contribution in [0.15, 0.2) is 34.2 Å². The molecule has 1 aliphatic heterocycles. The topological polar surface area (TPSA) is 44.1 Å². The molecular weight excluding hydrogens is 376 g/mol. The van der Waals surface area contributed by atoms with Gasteiger partial charge < -0.3 is 4.74 Å². The van der Waals surface area contributed by atoms with Crippen LogP contribution in [0.25, 0.3) is 15.9 Å². The summed E-state index contributed by atoms with van der Waals surface area (Å²) in [6, 6.07) is 8.02. The molecule has 0 bridgehead atoms. The van der Waals surface area contributed by atoms with Crippen molar-refractivity contribution in [2.24, 2.45) is 0 Å². The van der Waals surface area contributed by atoms with E-state index in [9.17, 15) is 4.79 Å². The Bertz CT molecular complexity index is 1070. The van der Waals surface area contributed by atoms with E-state index in [1.54, 1.807) is 27.7 Å². The average molecular weight is 401 g/mol. The van der Waals surface area contributed by atoms with E-state index >= 15 is 0 Å². The normalized spacial score (nSPS) is 19.4. The van der Waals surface area contributed by atoms with E-state index in [-0.39, 0.29) is 11.2 Å². The second-order valence-corrected chi connectivity index (χ2v) is 9.52. The maximum absolute atomic E-state index is 13.7. The van der Waals surface area contributed by atoms with E-state index in [1.807, 2.05) is 31.2 Å². The van der Waals surface area contributed by atoms with Gasteiger partial charge in [0.1, 0.15) is 4.83 Å². The second-order valence-electron chi connectivity index (χ2n) is 7.21. The van der Waals surface area contributed by atoms with E-state index in [4.69, 9.17) is 9.72 Å². The quantitative estimate of drug-likeness (QED) is 0.451. The molecule has 0 fully saturated rings. The van der Waals surface area contributed by atoms with Gasteiger partial charge in [-0.15, -0.1) is 11.3 Å². The number of para-hydroxylation sites is 1. The standard InChI is InChI=1S/C21H24N2O2S2/c1-5-21(4)11-14-16(12-25-21)27-18-17(14)19(24)23(20(22-18)26-6-2)15-10-8-7-9-13(15)3/h7-10H,5-6,11-12H2,1-4H3/t21-/m1/s1. The molecular formula is C21H24N2O2S2. The number of thioether (sulfide) groups is 1. The Balaban J connectivity index is 2.02. The second kappa shape index (κ2) is 7.08. The summed E-state index contributed by atoms with van der Waals surface area (Å²) in [7, 11) is 0. The van der Waals surface area contributed by atoms with Crippen molar-refractivity contribution in [2.45, 2.75) is 57.9 Å². The fraction of sp³-hybridized carbons (Fsp3) is 0.429. The Hall–Kier alpha value is -1.63. The van der Waals surface area contributed by atoms with Gasteiger partial charge in [0.05, 0.1) is 23.3 Å². The molecule has 3 heterocycles. The number of rotatable bonds is 4. The van der Waals surface area contributed by atoms with Crippen molar-refractivity contribution in [3.05, 3.63) is 50.6 Å². The third-order valence-electron chi connectivity index (χ3n) is 5.36. The molecule has 6 heteroatoms. The lowest BCUT2D eigenvalue weighted by atomic mass is 9.90. The Morgan fingerprint density at radius 2 is 2.11 bits per heavy atom. The highest BCUT2D eigenvalue weighted by Crippen LogP contribution is 2.39. The highest BCUT2D eigenvalue weighted by Gasteiger charge is 2.33. The minimum Gasteiger partial charge on any atom is -0.369 e. The summed E-state index contributed by atoms with van der Waals surface area (Å²) in [4.78, 5) is 20.6. The van der Waals surface area contributed by atoms with Gasteiger partial charge >= 0.3 is 0 Å². The molecule has 0 unspecified atom stereocenters. The number of aromatic nitrogens is 2. The zero-order valence-corrected chi connectivity index (χ0v) is 17.8. The van der Waals surface area contributed by atoms with Crippen molar-refractivity contribution in [1.82, 2.24) is 9.55 Å². The number of ether oxygens (including phenoxy) is 1. The molecule has 1 aliphatic rings. The molecule has 4 rings (SSSR count). The van der Waals surface area contributed by atoms with Gasteiger partial charge in [0.25, 0.3) is 5.56 Å². The Kier molecular flexibility index (Phi) is 4.91. The van der Waals surface area contributed by atoms with Crippen molar-refractivity contribution >= 4 is 33.3 Å². The van der Waals surface area contributed by atoms with Crippen LogP contribution in [0.4, 0.5) is 0 Å². The number of benzene rings is 1. The van der Waals surface area contributed by atoms with Crippen LogP contribution in [-0.4, -0.2) is 20.9 Å². The number of hydrogen-bond donors (Lipinski definition) is 0. The lowest BCUT2D eigenvalue weighted by Crippen LogP contribution is -2.34. The number of nitrogens with zero attached hydrogens (tertiary/aromatic N) is 2. The summed E-state index contributed by atoms with van der Waals surface area (Å²) in [5, 5.41) is 1.55. The highest BCUT2D eigenvalue weighted by atomic mass is 32.2. The average Bonchev–Trinajstić information content (AvgIpc) is 3.01. The molecule has 0 aliphatic carbocycles. The number of hydrogen-bond acceptors (Lipinski definition) is 5. The van der Waals surface area contributed by atoms with Gasteiger partial charge in [0.2, 0.25) is 0 Å². The molecule has 1 aromatic carbocycles. The van der Waals surface area contributed by atoms with E-state index in [0.29, 0.717) is 6.61 Å². The molecule has 4 nitrogen and oxygen atoms in total. The third-order valence-corrected chi connectivity index (χ3v) is 7.28. The van der Waals surface area contributed by atoms with Crippen LogP contribution in [-0.2, 0) is 17.8 Å². The monoisotopic (exact) mass is 400 g/mol. The van der Waals surface area contributed by atoms with Crippen LogP contribution in [0.3, 0.4) is 0 Å². The summed E-state index contributed by atoms with van der Waals surface area (Å²) < 4.78 is 7.89. The van der Waals surface area contributed by atoms with E-state index in [2.05, 4.69) is 20.8 Å². The number of aryl methyl sites for hydroxylation is 1. The van der Waals surface area contributed by atoms with Gasteiger partial charge in [-0.2, -0.15) is 0 Å². The zero-order valence-electron chi connectivity index (χ0n) is 16.2. The fourth-order valence-electron chi connectivity index (χ4n) is 3.58. The lowest BCUT2D eigenvalue weighted by Gasteiger charge is -2.32. The summed E-state index contributed by atoms with van der Waals surface area (Å²) >= 11 is 3.22. The molecule has 1 atom stereocenters. The Morgan fingerprint density at radius 1 is 1.33 bits per heavy atom. The van der Waals surface area contributed by atoms with Crippen LogP contribution in [0.5, 0.6) is 0 Å². The summed E-state index contributed by atoms with van der Waals surface area (Å²) in [5.74, 6) is 0.867. The smallest absolute Gasteiger partial charge is 0.267 e. The van der Waals surface area contributed by atoms with Gasteiger partial charge in [0.15, 0.2) is 5.16 Å². The van der Waals surface area contributed by atoms with Gasteiger partial charge in [-0.1, -0.05) is 43.8 Å². The van der Waals surface area contributed by atoms with Gasteiger partial charge in [-0.3, -0.25) is 9.36 Å². The first kappa shape index (κ1) is 18.7. The zero-order chi connectivity index (χ0) is 19.2. The minimum absolute atomic E-state index is 0.0445. The Labute approximate surface area is 167 Å². The van der Waals surface area contributed by atoms with Crippen LogP contribution < -0.4 is 5.56 Å². The number of thiophene rings is 1. The van der Waals surface area contributed by atoms with Crippen LogP contribution in [0.1, 0.15) is 43.2 Å². The van der Waals surface area contributed by atoms with Crippen molar-refractivity contribution in [2.75, 3.05) is 5.75 Å². The summed E-state index contributed by atoms with van der Waals surface area (Å²) in [6.07, 6.45) is 1.69. The number of fused-ring (bicyclic) bond motifs is 3. The molecule has 0 radical (unpaired) electrons. The lowest BCUT2D eigenvalue weighted by molar-refractivity contribution is -0.0543. The van der Waals surface area contributed by atoms with Crippen molar-refractivity contribution < 1.29 is 4.74 Å². The largest absolute Gasteiger partial charge is 0.369 e. The van der Waals surface area contributed by atoms with Gasteiger partial charge in [-0.05, 0) is 43.2 Å². The molecule has 3 aromatic rings. The molecule has 0 saturated heterocycles. The molecule has 0 N–H and O–H groups in total. The maximum atomic E-state index is 13.7. The van der Waals surface area contributed by atoms with E-state index in [1.165, 1.54) is 0 Å². The third kappa shape index (κ3) is 3.13. The van der Waals surface area contributed by atoms with E-state index in [0.717, 1.165) is 55.7 Å². The van der Waals surface area contributed by atoms with E-state index < -0.39 is 0 Å². The summed E-state index contributed by atoms with van der Waals surface area (Å²) in [6.45, 7) is 8.97. The Morgan fingerprint density at radius 3 is 2.81 bits per heavy atom. The maximum Gasteiger partial charge on any atom is 0.267 e. The van der Waals surface area contributed by atoms with Crippen LogP contribution in [0, 0.1) is 6.92 Å². The molecule has 0 spiro atoms. The first-order valence-electron chi connectivity index (χ1n) is 9.37. The highest BCUT2D eigenvalue weighted by molar-refractivity contribution is 7.99. The summed E-state index contributed by atoms with van der Waals surface area (Å²) in [5.41, 5.74) is 2.96. The molecule has 0 amide bonds. The molecule has 142 valence electrons. The fourth-order valence-corrected chi connectivity index (χ4v) is 5.46. The van der Waals surface area contributed by atoms with Crippen molar-refractivity contribution in [1.29, 1.82) is 0 Å². The van der Waals surface area contributed by atoms with Crippen LogP contribution in [0.2, 0.25) is 0 Å². The molecule has 27 heavy (non-hydrogen) atoms. The van der Waals surface area contributed by atoms with Gasteiger partial charge in [-0.25, -0.2) is 4.98 Å². The SMILES string of the molecule is CCSc1nc2sc3c(c2c(=O)n1-c1ccccc1C)C[C@@](C)(CC)OC3. The minimum atomic E-state index is -0.211.